The van der Waals surface area contributed by atoms with Crippen LogP contribution in [0.15, 0.2) is 35.4 Å². The molecule has 0 radical (unpaired) electrons. The molecule has 26 heavy (non-hydrogen) atoms. The molecule has 1 aliphatic heterocycles. The number of carbonyl (C=O) groups excluding carboxylic acids is 1. The minimum absolute atomic E-state index is 0.0240. The first kappa shape index (κ1) is 18.4. The van der Waals surface area contributed by atoms with E-state index in [1.165, 1.54) is 30.5 Å². The third-order valence-electron chi connectivity index (χ3n) is 4.32. The molecule has 0 bridgehead atoms. The lowest BCUT2D eigenvalue weighted by Crippen LogP contribution is -2.41. The topological polar surface area (TPSA) is 71.4 Å². The molecule has 1 aromatic carbocycles. The fraction of sp³-hybridized carbons (Fsp3) is 0.389. The van der Waals surface area contributed by atoms with Gasteiger partial charge in [-0.3, -0.25) is 9.52 Å². The van der Waals surface area contributed by atoms with E-state index in [9.17, 15) is 17.6 Å². The molecule has 1 N–H and O–H groups in total. The molecule has 0 aliphatic carbocycles. The van der Waals surface area contributed by atoms with Gasteiger partial charge in [0, 0.05) is 25.8 Å². The summed E-state index contributed by atoms with van der Waals surface area (Å²) in [7, 11) is -3.87. The molecular weight excluding hydrogens is 357 g/mol. The minimum atomic E-state index is -3.87. The smallest absolute Gasteiger partial charge is 0.270 e. The fourth-order valence-corrected chi connectivity index (χ4v) is 4.22. The van der Waals surface area contributed by atoms with Crippen LogP contribution in [-0.2, 0) is 16.6 Å². The molecular formula is C18H22FN3O3S. The van der Waals surface area contributed by atoms with Crippen molar-refractivity contribution in [3.8, 4) is 0 Å². The molecule has 1 aromatic heterocycles. The van der Waals surface area contributed by atoms with Crippen molar-refractivity contribution in [2.24, 2.45) is 5.92 Å². The molecule has 0 saturated carbocycles. The monoisotopic (exact) mass is 379 g/mol. The molecule has 0 spiro atoms. The highest BCUT2D eigenvalue weighted by Crippen LogP contribution is 2.24. The second-order valence-corrected chi connectivity index (χ2v) is 8.65. The lowest BCUT2D eigenvalue weighted by Gasteiger charge is -2.29. The summed E-state index contributed by atoms with van der Waals surface area (Å²) in [5.74, 6) is -0.253. The van der Waals surface area contributed by atoms with E-state index in [1.807, 2.05) is 13.8 Å². The maximum Gasteiger partial charge on any atom is 0.270 e. The van der Waals surface area contributed by atoms with Gasteiger partial charge in [-0.25, -0.2) is 12.8 Å². The van der Waals surface area contributed by atoms with E-state index in [2.05, 4.69) is 4.72 Å². The molecule has 2 aromatic rings. The number of halogens is 1. The van der Waals surface area contributed by atoms with E-state index in [0.29, 0.717) is 42.5 Å². The number of nitrogens with zero attached hydrogens (tertiary/aromatic N) is 2. The van der Waals surface area contributed by atoms with E-state index in [0.717, 1.165) is 0 Å². The third-order valence-corrected chi connectivity index (χ3v) is 5.65. The van der Waals surface area contributed by atoms with E-state index < -0.39 is 15.8 Å². The summed E-state index contributed by atoms with van der Waals surface area (Å²) in [6.07, 6.45) is 1.47. The fourth-order valence-electron chi connectivity index (χ4n) is 3.05. The van der Waals surface area contributed by atoms with Crippen molar-refractivity contribution in [1.82, 2.24) is 9.47 Å². The average molecular weight is 379 g/mol. The summed E-state index contributed by atoms with van der Waals surface area (Å²) in [6, 6.07) is 5.24. The van der Waals surface area contributed by atoms with Gasteiger partial charge in [0.1, 0.15) is 16.4 Å². The molecule has 6 nitrogen and oxygen atoms in total. The Kier molecular flexibility index (Phi) is 4.79. The van der Waals surface area contributed by atoms with Crippen LogP contribution in [0.1, 0.15) is 29.9 Å². The van der Waals surface area contributed by atoms with Crippen LogP contribution in [0.25, 0.3) is 0 Å². The van der Waals surface area contributed by atoms with Crippen molar-refractivity contribution in [2.75, 3.05) is 17.8 Å². The third kappa shape index (κ3) is 3.60. The van der Waals surface area contributed by atoms with Crippen LogP contribution in [0.2, 0.25) is 0 Å². The van der Waals surface area contributed by atoms with Crippen LogP contribution in [0.4, 0.5) is 10.1 Å². The van der Waals surface area contributed by atoms with Gasteiger partial charge >= 0.3 is 0 Å². The van der Waals surface area contributed by atoms with Gasteiger partial charge in [0.2, 0.25) is 0 Å². The zero-order chi connectivity index (χ0) is 19.1. The summed E-state index contributed by atoms with van der Waals surface area (Å²) in [6.45, 7) is 7.44. The number of carbonyl (C=O) groups is 1. The van der Waals surface area contributed by atoms with Crippen molar-refractivity contribution in [3.05, 3.63) is 47.5 Å². The van der Waals surface area contributed by atoms with Crippen molar-refractivity contribution < 1.29 is 17.6 Å². The van der Waals surface area contributed by atoms with E-state index in [4.69, 9.17) is 0 Å². The molecule has 140 valence electrons. The highest BCUT2D eigenvalue weighted by Gasteiger charge is 2.28. The van der Waals surface area contributed by atoms with Gasteiger partial charge in [-0.2, -0.15) is 0 Å². The second kappa shape index (κ2) is 6.75. The van der Waals surface area contributed by atoms with Gasteiger partial charge in [-0.1, -0.05) is 13.8 Å². The zero-order valence-electron chi connectivity index (χ0n) is 15.0. The number of fused-ring (bicyclic) bond motifs is 1. The van der Waals surface area contributed by atoms with Crippen LogP contribution >= 0.6 is 0 Å². The molecule has 0 unspecified atom stereocenters. The van der Waals surface area contributed by atoms with Crippen LogP contribution in [0.5, 0.6) is 0 Å². The maximum absolute atomic E-state index is 13.2. The van der Waals surface area contributed by atoms with Gasteiger partial charge in [-0.15, -0.1) is 0 Å². The first-order valence-corrected chi connectivity index (χ1v) is 9.94. The normalized spacial score (nSPS) is 14.7. The number of sulfonamides is 1. The molecule has 0 saturated heterocycles. The Labute approximate surface area is 152 Å². The second-order valence-electron chi connectivity index (χ2n) is 6.96. The number of aryl methyl sites for hydroxylation is 1. The number of hydrogen-bond donors (Lipinski definition) is 1. The highest BCUT2D eigenvalue weighted by atomic mass is 32.2. The van der Waals surface area contributed by atoms with E-state index in [-0.39, 0.29) is 10.8 Å². The summed E-state index contributed by atoms with van der Waals surface area (Å²) in [5.41, 5.74) is 1.16. The van der Waals surface area contributed by atoms with Gasteiger partial charge < -0.3 is 9.47 Å². The number of amides is 1. The van der Waals surface area contributed by atoms with Crippen molar-refractivity contribution in [2.45, 2.75) is 32.2 Å². The van der Waals surface area contributed by atoms with E-state index >= 15 is 0 Å². The van der Waals surface area contributed by atoms with Crippen molar-refractivity contribution in [1.29, 1.82) is 0 Å². The molecule has 0 atom stereocenters. The summed E-state index contributed by atoms with van der Waals surface area (Å²) < 4.78 is 42.7. The van der Waals surface area contributed by atoms with Crippen molar-refractivity contribution >= 4 is 21.6 Å². The Morgan fingerprint density at radius 2 is 1.96 bits per heavy atom. The van der Waals surface area contributed by atoms with Gasteiger partial charge in [0.05, 0.1) is 5.69 Å². The largest absolute Gasteiger partial charge is 0.340 e. The first-order chi connectivity index (χ1) is 12.2. The Morgan fingerprint density at radius 1 is 1.23 bits per heavy atom. The Bertz CT molecular complexity index is 951. The highest BCUT2D eigenvalue weighted by molar-refractivity contribution is 7.92. The Morgan fingerprint density at radius 3 is 2.62 bits per heavy atom. The quantitative estimate of drug-likeness (QED) is 0.868. The van der Waals surface area contributed by atoms with Gasteiger partial charge in [0.15, 0.2) is 0 Å². The summed E-state index contributed by atoms with van der Waals surface area (Å²) in [4.78, 5) is 14.4. The van der Waals surface area contributed by atoms with Crippen LogP contribution in [0, 0.1) is 18.7 Å². The van der Waals surface area contributed by atoms with Crippen LogP contribution in [0.3, 0.4) is 0 Å². The maximum atomic E-state index is 13.2. The lowest BCUT2D eigenvalue weighted by atomic mass is 10.2. The SMILES string of the molecule is Cc1cc(F)ccc1NS(=O)(=O)c1cc2n(c1)CCN(CC(C)C)C2=O. The predicted octanol–water partition coefficient (Wildman–Crippen LogP) is 2.85. The Balaban J connectivity index is 1.88. The molecule has 3 rings (SSSR count). The molecule has 2 heterocycles. The number of aromatic nitrogens is 1. The summed E-state index contributed by atoms with van der Waals surface area (Å²) in [5, 5.41) is 0. The number of nitrogens with one attached hydrogen (secondary N) is 1. The first-order valence-electron chi connectivity index (χ1n) is 8.46. The standard InChI is InChI=1S/C18H22FN3O3S/c1-12(2)10-22-7-6-21-11-15(9-17(21)18(22)23)26(24,25)20-16-5-4-14(19)8-13(16)3/h4-5,8-9,11-12,20H,6-7,10H2,1-3H3. The number of rotatable bonds is 5. The molecule has 1 aliphatic rings. The van der Waals surface area contributed by atoms with Gasteiger partial charge in [-0.05, 0) is 42.7 Å². The molecule has 0 fully saturated rings. The van der Waals surface area contributed by atoms with Gasteiger partial charge in [0.25, 0.3) is 15.9 Å². The van der Waals surface area contributed by atoms with E-state index in [1.54, 1.807) is 16.4 Å². The number of hydrogen-bond acceptors (Lipinski definition) is 3. The van der Waals surface area contributed by atoms with Crippen LogP contribution < -0.4 is 4.72 Å². The average Bonchev–Trinajstić information content (AvgIpc) is 2.98. The number of benzene rings is 1. The minimum Gasteiger partial charge on any atom is -0.340 e. The zero-order valence-corrected chi connectivity index (χ0v) is 15.8. The lowest BCUT2D eigenvalue weighted by molar-refractivity contribution is 0.0683. The predicted molar refractivity (Wildman–Crippen MR) is 97.1 cm³/mol. The van der Waals surface area contributed by atoms with Crippen LogP contribution in [-0.4, -0.2) is 36.9 Å². The van der Waals surface area contributed by atoms with Crippen molar-refractivity contribution in [3.63, 3.8) is 0 Å². The molecule has 8 heteroatoms. The summed E-state index contributed by atoms with van der Waals surface area (Å²) >= 11 is 0. The molecule has 1 amide bonds. The number of anilines is 1. The Hall–Kier alpha value is -2.35.